The first-order valence-electron chi connectivity index (χ1n) is 9.86. The maximum atomic E-state index is 12.6. The molecular formula is C23H30N2OS. The van der Waals surface area contributed by atoms with Crippen LogP contribution in [0.2, 0.25) is 0 Å². The van der Waals surface area contributed by atoms with Crippen molar-refractivity contribution in [3.8, 4) is 0 Å². The summed E-state index contributed by atoms with van der Waals surface area (Å²) < 4.78 is 0. The van der Waals surface area contributed by atoms with Gasteiger partial charge in [0.25, 0.3) is 0 Å². The van der Waals surface area contributed by atoms with Gasteiger partial charge in [0.1, 0.15) is 0 Å². The first kappa shape index (κ1) is 20.0. The van der Waals surface area contributed by atoms with Crippen LogP contribution >= 0.6 is 11.8 Å². The van der Waals surface area contributed by atoms with Crippen molar-refractivity contribution < 1.29 is 4.79 Å². The fraction of sp³-hybridized carbons (Fsp3) is 0.435. The van der Waals surface area contributed by atoms with Crippen molar-refractivity contribution >= 4 is 28.9 Å². The van der Waals surface area contributed by atoms with Crippen molar-refractivity contribution in [3.05, 3.63) is 48.0 Å². The maximum Gasteiger partial charge on any atom is 0.162 e. The number of Topliss-reactive ketones (excluding diaryl/α,β-unsaturated/α-hetero) is 1. The molecule has 0 fully saturated rings. The lowest BCUT2D eigenvalue weighted by molar-refractivity contribution is 0.0979. The Kier molecular flexibility index (Phi) is 6.61. The van der Waals surface area contributed by atoms with Crippen LogP contribution in [0.25, 0.3) is 0 Å². The molecule has 0 spiro atoms. The van der Waals surface area contributed by atoms with Gasteiger partial charge in [0.05, 0.1) is 11.4 Å². The summed E-state index contributed by atoms with van der Waals surface area (Å²) >= 11 is 1.80. The smallest absolute Gasteiger partial charge is 0.162 e. The molecule has 1 aliphatic heterocycles. The molecule has 0 saturated heterocycles. The van der Waals surface area contributed by atoms with Gasteiger partial charge in [0, 0.05) is 34.9 Å². The highest BCUT2D eigenvalue weighted by molar-refractivity contribution is 7.99. The van der Waals surface area contributed by atoms with E-state index < -0.39 is 0 Å². The van der Waals surface area contributed by atoms with E-state index in [-0.39, 0.29) is 5.78 Å². The summed E-state index contributed by atoms with van der Waals surface area (Å²) in [4.78, 5) is 19.7. The minimum absolute atomic E-state index is 0.254. The fourth-order valence-corrected chi connectivity index (χ4v) is 4.75. The molecule has 3 nitrogen and oxygen atoms in total. The van der Waals surface area contributed by atoms with E-state index in [2.05, 4.69) is 74.1 Å². The van der Waals surface area contributed by atoms with Crippen LogP contribution in [-0.4, -0.2) is 37.9 Å². The second-order valence-electron chi connectivity index (χ2n) is 7.76. The van der Waals surface area contributed by atoms with Gasteiger partial charge in [-0.2, -0.15) is 0 Å². The Hall–Kier alpha value is -1.78. The molecule has 0 bridgehead atoms. The zero-order chi connectivity index (χ0) is 19.4. The number of anilines is 2. The van der Waals surface area contributed by atoms with Gasteiger partial charge >= 0.3 is 0 Å². The highest BCUT2D eigenvalue weighted by atomic mass is 32.2. The van der Waals surface area contributed by atoms with Crippen molar-refractivity contribution in [3.63, 3.8) is 0 Å². The highest BCUT2D eigenvalue weighted by Gasteiger charge is 2.25. The molecule has 0 N–H and O–H groups in total. The minimum Gasteiger partial charge on any atom is -0.339 e. The van der Waals surface area contributed by atoms with Gasteiger partial charge in [-0.3, -0.25) is 4.79 Å². The zero-order valence-electron chi connectivity index (χ0n) is 16.9. The molecule has 0 radical (unpaired) electrons. The van der Waals surface area contributed by atoms with Crippen molar-refractivity contribution in [2.45, 2.75) is 42.9 Å². The number of unbranched alkanes of at least 4 members (excludes halogenated alkanes) is 1. The van der Waals surface area contributed by atoms with E-state index in [0.29, 0.717) is 12.3 Å². The topological polar surface area (TPSA) is 23.6 Å². The number of hydrogen-bond acceptors (Lipinski definition) is 4. The standard InChI is InChI=1S/C23H30N2OS/c1-5-6-10-21(26)18-12-13-23-20(14-18)25(16-17(2)15-24(3)4)19-9-7-8-11-22(19)27-23/h7-9,11-14,17H,5-6,10,15-16H2,1-4H3. The van der Waals surface area contributed by atoms with E-state index in [9.17, 15) is 4.79 Å². The average molecular weight is 383 g/mol. The second-order valence-corrected chi connectivity index (χ2v) is 8.84. The van der Waals surface area contributed by atoms with Crippen LogP contribution in [0.1, 0.15) is 43.5 Å². The maximum absolute atomic E-state index is 12.6. The van der Waals surface area contributed by atoms with Gasteiger partial charge in [0.2, 0.25) is 0 Å². The van der Waals surface area contributed by atoms with Crippen molar-refractivity contribution in [2.24, 2.45) is 5.92 Å². The molecule has 4 heteroatoms. The molecule has 0 aromatic heterocycles. The molecule has 2 aromatic carbocycles. The number of nitrogens with zero attached hydrogens (tertiary/aromatic N) is 2. The van der Waals surface area contributed by atoms with Gasteiger partial charge in [-0.15, -0.1) is 0 Å². The van der Waals surface area contributed by atoms with E-state index in [1.54, 1.807) is 11.8 Å². The number of benzene rings is 2. The largest absolute Gasteiger partial charge is 0.339 e. The van der Waals surface area contributed by atoms with Crippen LogP contribution in [-0.2, 0) is 0 Å². The molecule has 1 heterocycles. The van der Waals surface area contributed by atoms with Crippen LogP contribution in [0.5, 0.6) is 0 Å². The lowest BCUT2D eigenvalue weighted by atomic mass is 10.0. The van der Waals surface area contributed by atoms with Gasteiger partial charge in [-0.1, -0.05) is 50.2 Å². The quantitative estimate of drug-likeness (QED) is 0.534. The molecule has 1 unspecified atom stereocenters. The van der Waals surface area contributed by atoms with E-state index in [4.69, 9.17) is 0 Å². The Labute approximate surface area is 167 Å². The Morgan fingerprint density at radius 2 is 1.85 bits per heavy atom. The third kappa shape index (κ3) is 4.74. The Bertz CT molecular complexity index is 803. The summed E-state index contributed by atoms with van der Waals surface area (Å²) in [5.74, 6) is 0.772. The molecule has 144 valence electrons. The van der Waals surface area contributed by atoms with Gasteiger partial charge in [-0.05, 0) is 50.7 Å². The third-order valence-corrected chi connectivity index (χ3v) is 6.01. The molecule has 1 atom stereocenters. The summed E-state index contributed by atoms with van der Waals surface area (Å²) in [5.41, 5.74) is 3.26. The lowest BCUT2D eigenvalue weighted by Gasteiger charge is -2.35. The summed E-state index contributed by atoms with van der Waals surface area (Å²) in [6, 6.07) is 14.8. The Morgan fingerprint density at radius 3 is 2.59 bits per heavy atom. The molecule has 1 aliphatic rings. The van der Waals surface area contributed by atoms with Gasteiger partial charge in [-0.25, -0.2) is 0 Å². The van der Waals surface area contributed by atoms with E-state index in [1.165, 1.54) is 21.2 Å². The number of hydrogen-bond donors (Lipinski definition) is 0. The van der Waals surface area contributed by atoms with E-state index >= 15 is 0 Å². The van der Waals surface area contributed by atoms with E-state index in [0.717, 1.165) is 31.5 Å². The predicted octanol–water partition coefficient (Wildman–Crippen LogP) is 5.86. The summed E-state index contributed by atoms with van der Waals surface area (Å²) in [6.45, 7) is 6.40. The van der Waals surface area contributed by atoms with Crippen LogP contribution < -0.4 is 4.90 Å². The highest BCUT2D eigenvalue weighted by Crippen LogP contribution is 2.48. The summed E-state index contributed by atoms with van der Waals surface area (Å²) in [5, 5.41) is 0. The Balaban J connectivity index is 1.95. The monoisotopic (exact) mass is 382 g/mol. The molecule has 0 aliphatic carbocycles. The van der Waals surface area contributed by atoms with Gasteiger partial charge < -0.3 is 9.80 Å². The summed E-state index contributed by atoms with van der Waals surface area (Å²) in [7, 11) is 4.24. The second kappa shape index (κ2) is 8.94. The minimum atomic E-state index is 0.254. The molecule has 0 amide bonds. The molecule has 27 heavy (non-hydrogen) atoms. The lowest BCUT2D eigenvalue weighted by Crippen LogP contribution is -2.31. The number of para-hydroxylation sites is 1. The SMILES string of the molecule is CCCCC(=O)c1ccc2c(c1)N(CC(C)CN(C)C)c1ccccc1S2. The van der Waals surface area contributed by atoms with Crippen LogP contribution in [0.15, 0.2) is 52.3 Å². The van der Waals surface area contributed by atoms with Crippen LogP contribution in [0.4, 0.5) is 11.4 Å². The Morgan fingerprint density at radius 1 is 1.11 bits per heavy atom. The number of ketones is 1. The number of fused-ring (bicyclic) bond motifs is 2. The third-order valence-electron chi connectivity index (χ3n) is 4.88. The van der Waals surface area contributed by atoms with Crippen molar-refractivity contribution in [1.82, 2.24) is 4.90 Å². The molecular weight excluding hydrogens is 352 g/mol. The van der Waals surface area contributed by atoms with Gasteiger partial charge in [0.15, 0.2) is 5.78 Å². The van der Waals surface area contributed by atoms with Crippen molar-refractivity contribution in [1.29, 1.82) is 0 Å². The molecule has 3 rings (SSSR count). The normalized spacial score (nSPS) is 14.0. The zero-order valence-corrected chi connectivity index (χ0v) is 17.7. The van der Waals surface area contributed by atoms with Crippen molar-refractivity contribution in [2.75, 3.05) is 32.1 Å². The number of rotatable bonds is 8. The van der Waals surface area contributed by atoms with Crippen LogP contribution in [0, 0.1) is 5.92 Å². The number of carbonyl (C=O) groups excluding carboxylic acids is 1. The average Bonchev–Trinajstić information content (AvgIpc) is 2.65. The predicted molar refractivity (Wildman–Crippen MR) is 116 cm³/mol. The fourth-order valence-electron chi connectivity index (χ4n) is 3.67. The van der Waals surface area contributed by atoms with E-state index in [1.807, 2.05) is 6.07 Å². The van der Waals surface area contributed by atoms with Crippen LogP contribution in [0.3, 0.4) is 0 Å². The summed E-state index contributed by atoms with van der Waals surface area (Å²) in [6.07, 6.45) is 2.64. The molecule has 0 saturated carbocycles. The first-order chi connectivity index (χ1) is 13.0. The number of carbonyl (C=O) groups is 1. The first-order valence-corrected chi connectivity index (χ1v) is 10.7. The molecule has 2 aromatic rings.